The highest BCUT2D eigenvalue weighted by Crippen LogP contribution is 2.28. The fraction of sp³-hybridized carbons (Fsp3) is 0.462. The molecule has 0 radical (unpaired) electrons. The normalized spacial score (nSPS) is 17.5. The summed E-state index contributed by atoms with van der Waals surface area (Å²) in [5.74, 6) is 0.675. The van der Waals surface area contributed by atoms with Crippen molar-refractivity contribution in [3.8, 4) is 0 Å². The van der Waals surface area contributed by atoms with Gasteiger partial charge in [-0.3, -0.25) is 4.79 Å². The van der Waals surface area contributed by atoms with E-state index in [9.17, 15) is 13.2 Å². The van der Waals surface area contributed by atoms with Crippen LogP contribution in [0.3, 0.4) is 0 Å². The number of rotatable bonds is 5. The first-order valence-electron chi connectivity index (χ1n) is 6.35. The minimum atomic E-state index is -3.18. The molecule has 1 heterocycles. The SMILES string of the molecule is CSCC[C@H](N)C(=O)Nc1ccc2c(c1)S(=O)(=O)CC2. The number of aryl methyl sites for hydroxylation is 1. The van der Waals surface area contributed by atoms with Gasteiger partial charge in [-0.2, -0.15) is 11.8 Å². The minimum absolute atomic E-state index is 0.146. The van der Waals surface area contributed by atoms with Gasteiger partial charge < -0.3 is 11.1 Å². The molecule has 1 aromatic rings. The number of sulfone groups is 1. The van der Waals surface area contributed by atoms with Gasteiger partial charge in [0.15, 0.2) is 9.84 Å². The molecule has 7 heteroatoms. The molecule has 5 nitrogen and oxygen atoms in total. The van der Waals surface area contributed by atoms with Crippen LogP contribution in [0.5, 0.6) is 0 Å². The Bertz CT molecular complexity index is 614. The van der Waals surface area contributed by atoms with Gasteiger partial charge in [-0.05, 0) is 42.5 Å². The zero-order valence-electron chi connectivity index (χ0n) is 11.3. The molecule has 1 atom stereocenters. The molecule has 0 aliphatic carbocycles. The van der Waals surface area contributed by atoms with Crippen LogP contribution in [-0.2, 0) is 21.1 Å². The molecule has 0 saturated carbocycles. The first kappa shape index (κ1) is 15.3. The summed E-state index contributed by atoms with van der Waals surface area (Å²) in [6, 6.07) is 4.42. The molecule has 0 fully saturated rings. The molecule has 1 aliphatic heterocycles. The topological polar surface area (TPSA) is 89.3 Å². The first-order valence-corrected chi connectivity index (χ1v) is 9.40. The number of amides is 1. The molecule has 0 unspecified atom stereocenters. The van der Waals surface area contributed by atoms with Crippen LogP contribution in [0.1, 0.15) is 12.0 Å². The quantitative estimate of drug-likeness (QED) is 0.847. The van der Waals surface area contributed by atoms with Crippen molar-refractivity contribution in [1.82, 2.24) is 0 Å². The number of carbonyl (C=O) groups is 1. The average molecular weight is 314 g/mol. The molecule has 110 valence electrons. The molecule has 0 aromatic heterocycles. The van der Waals surface area contributed by atoms with Crippen LogP contribution < -0.4 is 11.1 Å². The second-order valence-corrected chi connectivity index (χ2v) is 7.83. The Morgan fingerprint density at radius 3 is 2.95 bits per heavy atom. The third-order valence-electron chi connectivity index (χ3n) is 3.28. The molecule has 0 bridgehead atoms. The van der Waals surface area contributed by atoms with Gasteiger partial charge in [0.05, 0.1) is 16.7 Å². The largest absolute Gasteiger partial charge is 0.325 e. The number of hydrogen-bond acceptors (Lipinski definition) is 5. The lowest BCUT2D eigenvalue weighted by atomic mass is 10.1. The van der Waals surface area contributed by atoms with Crippen molar-refractivity contribution < 1.29 is 13.2 Å². The van der Waals surface area contributed by atoms with Crippen LogP contribution in [-0.4, -0.2) is 38.1 Å². The zero-order chi connectivity index (χ0) is 14.8. The van der Waals surface area contributed by atoms with Gasteiger partial charge in [0.25, 0.3) is 0 Å². The predicted molar refractivity (Wildman–Crippen MR) is 81.8 cm³/mol. The van der Waals surface area contributed by atoms with E-state index in [1.54, 1.807) is 23.9 Å². The maximum atomic E-state index is 11.9. The van der Waals surface area contributed by atoms with Crippen LogP contribution in [0, 0.1) is 0 Å². The van der Waals surface area contributed by atoms with Crippen molar-refractivity contribution in [3.05, 3.63) is 23.8 Å². The lowest BCUT2D eigenvalue weighted by Gasteiger charge is -2.12. The van der Waals surface area contributed by atoms with Crippen molar-refractivity contribution in [3.63, 3.8) is 0 Å². The van der Waals surface area contributed by atoms with E-state index in [-0.39, 0.29) is 11.7 Å². The maximum absolute atomic E-state index is 11.9. The van der Waals surface area contributed by atoms with E-state index < -0.39 is 15.9 Å². The summed E-state index contributed by atoms with van der Waals surface area (Å²) in [5.41, 5.74) is 7.07. The molecule has 0 saturated heterocycles. The minimum Gasteiger partial charge on any atom is -0.325 e. The Labute approximate surface area is 123 Å². The summed E-state index contributed by atoms with van der Waals surface area (Å²) >= 11 is 1.63. The lowest BCUT2D eigenvalue weighted by Crippen LogP contribution is -2.36. The third-order valence-corrected chi connectivity index (χ3v) is 5.72. The number of fused-ring (bicyclic) bond motifs is 1. The van der Waals surface area contributed by atoms with Crippen molar-refractivity contribution >= 4 is 33.2 Å². The number of carbonyl (C=O) groups excluding carboxylic acids is 1. The maximum Gasteiger partial charge on any atom is 0.241 e. The van der Waals surface area contributed by atoms with Crippen molar-refractivity contribution in [2.24, 2.45) is 5.73 Å². The number of nitrogens with one attached hydrogen (secondary N) is 1. The smallest absolute Gasteiger partial charge is 0.241 e. The van der Waals surface area contributed by atoms with Crippen molar-refractivity contribution in [2.75, 3.05) is 23.1 Å². The number of nitrogens with two attached hydrogens (primary N) is 1. The molecule has 20 heavy (non-hydrogen) atoms. The van der Waals surface area contributed by atoms with E-state index >= 15 is 0 Å². The Hall–Kier alpha value is -1.05. The number of hydrogen-bond donors (Lipinski definition) is 2. The monoisotopic (exact) mass is 314 g/mol. The van der Waals surface area contributed by atoms with Crippen molar-refractivity contribution in [1.29, 1.82) is 0 Å². The average Bonchev–Trinajstić information content (AvgIpc) is 2.72. The molecular formula is C13H18N2O3S2. The molecular weight excluding hydrogens is 296 g/mol. The zero-order valence-corrected chi connectivity index (χ0v) is 12.9. The fourth-order valence-corrected chi connectivity index (χ4v) is 4.17. The van der Waals surface area contributed by atoms with E-state index in [1.807, 2.05) is 6.26 Å². The molecule has 1 aliphatic rings. The summed E-state index contributed by atoms with van der Waals surface area (Å²) in [7, 11) is -3.18. The Morgan fingerprint density at radius 2 is 2.25 bits per heavy atom. The van der Waals surface area contributed by atoms with Gasteiger partial charge >= 0.3 is 0 Å². The van der Waals surface area contributed by atoms with Crippen molar-refractivity contribution in [2.45, 2.75) is 23.8 Å². The van der Waals surface area contributed by atoms with Gasteiger partial charge in [0, 0.05) is 5.69 Å². The van der Waals surface area contributed by atoms with Gasteiger partial charge in [0.2, 0.25) is 5.91 Å². The predicted octanol–water partition coefficient (Wildman–Crippen LogP) is 1.04. The number of thioether (sulfide) groups is 1. The van der Waals surface area contributed by atoms with Crippen LogP contribution >= 0.6 is 11.8 Å². The van der Waals surface area contributed by atoms with E-state index in [2.05, 4.69) is 5.32 Å². The summed E-state index contributed by atoms with van der Waals surface area (Å²) in [5, 5.41) is 2.68. The van der Waals surface area contributed by atoms with Crippen LogP contribution in [0.15, 0.2) is 23.1 Å². The van der Waals surface area contributed by atoms with Crippen LogP contribution in [0.25, 0.3) is 0 Å². The van der Waals surface area contributed by atoms with E-state index in [4.69, 9.17) is 5.73 Å². The highest BCUT2D eigenvalue weighted by atomic mass is 32.2. The number of benzene rings is 1. The molecule has 1 amide bonds. The van der Waals surface area contributed by atoms with E-state index in [1.165, 1.54) is 6.07 Å². The summed E-state index contributed by atoms with van der Waals surface area (Å²) in [4.78, 5) is 12.2. The molecule has 3 N–H and O–H groups in total. The van der Waals surface area contributed by atoms with Gasteiger partial charge in [-0.25, -0.2) is 8.42 Å². The lowest BCUT2D eigenvalue weighted by molar-refractivity contribution is -0.117. The molecule has 1 aromatic carbocycles. The van der Waals surface area contributed by atoms with Crippen LogP contribution in [0.2, 0.25) is 0 Å². The summed E-state index contributed by atoms with van der Waals surface area (Å²) in [6.45, 7) is 0. The molecule has 0 spiro atoms. The summed E-state index contributed by atoms with van der Waals surface area (Å²) in [6.07, 6.45) is 3.09. The highest BCUT2D eigenvalue weighted by Gasteiger charge is 2.26. The first-order chi connectivity index (χ1) is 9.44. The highest BCUT2D eigenvalue weighted by molar-refractivity contribution is 7.98. The second kappa shape index (κ2) is 6.15. The van der Waals surface area contributed by atoms with Crippen LogP contribution in [0.4, 0.5) is 5.69 Å². The Morgan fingerprint density at radius 1 is 1.50 bits per heavy atom. The summed E-state index contributed by atoms with van der Waals surface area (Å²) < 4.78 is 23.7. The van der Waals surface area contributed by atoms with Gasteiger partial charge in [0.1, 0.15) is 0 Å². The number of anilines is 1. The Balaban J connectivity index is 2.10. The van der Waals surface area contributed by atoms with E-state index in [0.717, 1.165) is 11.3 Å². The Kier molecular flexibility index (Phi) is 4.72. The second-order valence-electron chi connectivity index (χ2n) is 4.77. The van der Waals surface area contributed by atoms with E-state index in [0.29, 0.717) is 23.4 Å². The van der Waals surface area contributed by atoms with Gasteiger partial charge in [-0.15, -0.1) is 0 Å². The third kappa shape index (κ3) is 3.34. The molecule has 2 rings (SSSR count). The van der Waals surface area contributed by atoms with Gasteiger partial charge in [-0.1, -0.05) is 6.07 Å². The standard InChI is InChI=1S/C13H18N2O3S2/c1-19-6-4-11(14)13(16)15-10-3-2-9-5-7-20(17,18)12(9)8-10/h2-3,8,11H,4-7,14H2,1H3,(H,15,16)/t11-/m0/s1. The fourth-order valence-electron chi connectivity index (χ4n) is 2.09.